The molecule has 38 heavy (non-hydrogen) atoms. The van der Waals surface area contributed by atoms with Gasteiger partial charge in [-0.05, 0) is 74.3 Å². The van der Waals surface area contributed by atoms with Crippen LogP contribution in [0.25, 0.3) is 10.9 Å². The number of hydrogen-bond donors (Lipinski definition) is 2. The Hall–Kier alpha value is -2.94. The van der Waals surface area contributed by atoms with E-state index in [1.807, 2.05) is 18.2 Å². The summed E-state index contributed by atoms with van der Waals surface area (Å²) in [7, 11) is 1.60. The van der Waals surface area contributed by atoms with Crippen molar-refractivity contribution >= 4 is 34.2 Å². The van der Waals surface area contributed by atoms with Crippen molar-refractivity contribution in [1.82, 2.24) is 14.9 Å². The Balaban J connectivity index is 1.53. The fraction of sp³-hybridized carbons (Fsp3) is 0.483. The number of ether oxygens (including phenoxy) is 1. The summed E-state index contributed by atoms with van der Waals surface area (Å²) < 4.78 is 5.33. The van der Waals surface area contributed by atoms with Crippen molar-refractivity contribution in [2.75, 3.05) is 44.9 Å². The maximum atomic E-state index is 13.8. The number of H-pyrrole nitrogens is 1. The topological polar surface area (TPSA) is 98.8 Å². The predicted octanol–water partition coefficient (Wildman–Crippen LogP) is 3.95. The van der Waals surface area contributed by atoms with E-state index in [2.05, 4.69) is 16.0 Å². The number of aliphatic hydroxyl groups is 1. The molecule has 2 aliphatic rings. The molecular weight excluding hydrogens is 504 g/mol. The van der Waals surface area contributed by atoms with Crippen LogP contribution in [0, 0.1) is 5.92 Å². The Kier molecular flexibility index (Phi) is 8.31. The van der Waals surface area contributed by atoms with Crippen molar-refractivity contribution in [1.29, 1.82) is 0 Å². The number of piperidine rings is 1. The van der Waals surface area contributed by atoms with Crippen LogP contribution >= 0.6 is 11.6 Å². The highest BCUT2D eigenvalue weighted by Crippen LogP contribution is 2.30. The molecule has 1 aliphatic carbocycles. The Bertz CT molecular complexity index is 1370. The molecule has 0 bridgehead atoms. The first-order valence-corrected chi connectivity index (χ1v) is 13.8. The van der Waals surface area contributed by atoms with Crippen LogP contribution in [0.2, 0.25) is 5.02 Å². The maximum Gasteiger partial charge on any atom is 0.261 e. The molecule has 5 rings (SSSR count). The van der Waals surface area contributed by atoms with Crippen LogP contribution in [0.5, 0.6) is 0 Å². The van der Waals surface area contributed by atoms with E-state index < -0.39 is 0 Å². The number of fused-ring (bicyclic) bond motifs is 2. The zero-order valence-corrected chi connectivity index (χ0v) is 22.6. The number of nitrogens with zero attached hydrogens (tertiary/aromatic N) is 3. The van der Waals surface area contributed by atoms with Gasteiger partial charge in [-0.1, -0.05) is 17.7 Å². The van der Waals surface area contributed by atoms with Crippen LogP contribution in [0.3, 0.4) is 0 Å². The van der Waals surface area contributed by atoms with Crippen molar-refractivity contribution in [2.45, 2.75) is 45.1 Å². The number of aryl methyl sites for hydroxylation is 2. The van der Waals surface area contributed by atoms with Crippen molar-refractivity contribution in [3.63, 3.8) is 0 Å². The highest BCUT2D eigenvalue weighted by molar-refractivity contribution is 6.31. The molecule has 9 heteroatoms. The lowest BCUT2D eigenvalue weighted by molar-refractivity contribution is 0.0678. The molecule has 2 aromatic heterocycles. The summed E-state index contributed by atoms with van der Waals surface area (Å²) in [5, 5.41) is 11.4. The third kappa shape index (κ3) is 5.72. The lowest BCUT2D eigenvalue weighted by Crippen LogP contribution is -2.40. The molecule has 1 saturated heterocycles. The molecule has 0 saturated carbocycles. The smallest absolute Gasteiger partial charge is 0.261 e. The number of aromatic nitrogens is 2. The minimum atomic E-state index is -0.341. The number of pyridine rings is 2. The molecule has 1 aliphatic heterocycles. The number of benzene rings is 1. The van der Waals surface area contributed by atoms with E-state index in [0.29, 0.717) is 24.7 Å². The number of carbonyl (C=O) groups excluding carboxylic acids is 1. The number of amides is 1. The predicted molar refractivity (Wildman–Crippen MR) is 149 cm³/mol. The van der Waals surface area contributed by atoms with Gasteiger partial charge >= 0.3 is 0 Å². The van der Waals surface area contributed by atoms with Gasteiger partial charge in [0.2, 0.25) is 0 Å². The van der Waals surface area contributed by atoms with Crippen LogP contribution in [-0.2, 0) is 24.1 Å². The highest BCUT2D eigenvalue weighted by atomic mass is 35.5. The number of halogens is 1. The van der Waals surface area contributed by atoms with Gasteiger partial charge < -0.3 is 24.6 Å². The van der Waals surface area contributed by atoms with Crippen molar-refractivity contribution in [2.24, 2.45) is 5.92 Å². The summed E-state index contributed by atoms with van der Waals surface area (Å²) in [4.78, 5) is 38.6. The average Bonchev–Trinajstić information content (AvgIpc) is 2.94. The first-order chi connectivity index (χ1) is 18.5. The molecule has 1 atom stereocenters. The van der Waals surface area contributed by atoms with Crippen molar-refractivity contribution in [3.05, 3.63) is 68.1 Å². The lowest BCUT2D eigenvalue weighted by Gasteiger charge is -2.35. The molecule has 1 aromatic carbocycles. The molecule has 2 N–H and O–H groups in total. The minimum absolute atomic E-state index is 0.130. The quantitative estimate of drug-likeness (QED) is 0.450. The van der Waals surface area contributed by atoms with Gasteiger partial charge in [0.05, 0.1) is 12.1 Å². The standard InChI is InChI=1S/C29H35ClN4O4/c1-38-12-11-34(29(37)24-14-20-6-2-3-7-25(20)32-28(24)36)17-22-13-21-8-9-23(30)15-26(21)31-27(22)33-10-4-5-19(16-33)18-35/h8-9,13-15,19,35H,2-7,10-12,16-18H2,1H3,(H,32,36). The number of aliphatic hydroxyl groups excluding tert-OH is 1. The number of rotatable bonds is 8. The van der Waals surface area contributed by atoms with Crippen molar-refractivity contribution < 1.29 is 14.6 Å². The van der Waals surface area contributed by atoms with E-state index in [9.17, 15) is 14.7 Å². The molecule has 1 fully saturated rings. The summed E-state index contributed by atoms with van der Waals surface area (Å²) >= 11 is 6.27. The van der Waals surface area contributed by atoms with E-state index in [-0.39, 0.29) is 36.1 Å². The first kappa shape index (κ1) is 26.7. The second-order valence-electron chi connectivity index (χ2n) is 10.4. The van der Waals surface area contributed by atoms with Gasteiger partial charge in [-0.3, -0.25) is 9.59 Å². The van der Waals surface area contributed by atoms with Crippen LogP contribution in [0.1, 0.15) is 52.9 Å². The normalized spacial score (nSPS) is 17.4. The summed E-state index contributed by atoms with van der Waals surface area (Å²) in [6.07, 6.45) is 5.74. The second kappa shape index (κ2) is 11.8. The van der Waals surface area contributed by atoms with E-state index in [4.69, 9.17) is 21.3 Å². The zero-order valence-electron chi connectivity index (χ0n) is 21.8. The van der Waals surface area contributed by atoms with Crippen LogP contribution in [-0.4, -0.2) is 65.8 Å². The monoisotopic (exact) mass is 538 g/mol. The summed E-state index contributed by atoms with van der Waals surface area (Å²) in [6.45, 7) is 2.60. The van der Waals surface area contributed by atoms with E-state index >= 15 is 0 Å². The van der Waals surface area contributed by atoms with Gasteiger partial charge in [-0.2, -0.15) is 0 Å². The molecule has 1 amide bonds. The zero-order chi connectivity index (χ0) is 26.6. The Labute approximate surface area is 227 Å². The summed E-state index contributed by atoms with van der Waals surface area (Å²) in [5.74, 6) is 0.645. The van der Waals surface area contributed by atoms with E-state index in [1.165, 1.54) is 0 Å². The van der Waals surface area contributed by atoms with Crippen LogP contribution in [0.4, 0.5) is 5.82 Å². The number of hydrogen-bond acceptors (Lipinski definition) is 6. The Morgan fingerprint density at radius 2 is 2.08 bits per heavy atom. The fourth-order valence-electron chi connectivity index (χ4n) is 5.63. The summed E-state index contributed by atoms with van der Waals surface area (Å²) in [6, 6.07) is 9.45. The third-order valence-corrected chi connectivity index (χ3v) is 7.93. The third-order valence-electron chi connectivity index (χ3n) is 7.69. The van der Waals surface area contributed by atoms with Crippen LogP contribution in [0.15, 0.2) is 35.1 Å². The largest absolute Gasteiger partial charge is 0.396 e. The molecule has 8 nitrogen and oxygen atoms in total. The second-order valence-corrected chi connectivity index (χ2v) is 10.8. The molecule has 0 radical (unpaired) electrons. The average molecular weight is 539 g/mol. The molecule has 3 heterocycles. The van der Waals surface area contributed by atoms with Crippen LogP contribution < -0.4 is 10.5 Å². The molecule has 3 aromatic rings. The fourth-order valence-corrected chi connectivity index (χ4v) is 5.80. The highest BCUT2D eigenvalue weighted by Gasteiger charge is 2.27. The van der Waals surface area contributed by atoms with Crippen molar-refractivity contribution in [3.8, 4) is 0 Å². The number of anilines is 1. The van der Waals surface area contributed by atoms with Gasteiger partial charge in [0.25, 0.3) is 11.5 Å². The summed E-state index contributed by atoms with van der Waals surface area (Å²) in [5.41, 5.74) is 3.50. The minimum Gasteiger partial charge on any atom is -0.396 e. The maximum absolute atomic E-state index is 13.8. The number of aromatic amines is 1. The molecule has 202 valence electrons. The van der Waals surface area contributed by atoms with Gasteiger partial charge in [-0.25, -0.2) is 4.98 Å². The number of methoxy groups -OCH3 is 1. The first-order valence-electron chi connectivity index (χ1n) is 13.4. The van der Waals surface area contributed by atoms with Gasteiger partial charge in [0.15, 0.2) is 0 Å². The number of carbonyl (C=O) groups is 1. The lowest BCUT2D eigenvalue weighted by atomic mass is 9.95. The SMILES string of the molecule is COCCN(Cc1cc2ccc(Cl)cc2nc1N1CCCC(CO)C1)C(=O)c1cc2c([nH]c1=O)CCCC2. The van der Waals surface area contributed by atoms with Gasteiger partial charge in [0, 0.05) is 61.6 Å². The van der Waals surface area contributed by atoms with E-state index in [0.717, 1.165) is 78.6 Å². The molecular formula is C29H35ClN4O4. The van der Waals surface area contributed by atoms with E-state index in [1.54, 1.807) is 18.1 Å². The number of nitrogens with one attached hydrogen (secondary N) is 1. The Morgan fingerprint density at radius 1 is 1.24 bits per heavy atom. The molecule has 1 unspecified atom stereocenters. The Morgan fingerprint density at radius 3 is 2.89 bits per heavy atom. The molecule has 0 spiro atoms. The van der Waals surface area contributed by atoms with Gasteiger partial charge in [-0.15, -0.1) is 0 Å². The van der Waals surface area contributed by atoms with Gasteiger partial charge in [0.1, 0.15) is 11.4 Å².